The molecule has 0 aliphatic carbocycles. The monoisotopic (exact) mass is 372 g/mol. The standard InChI is InChI=1S/C22H20N4O2/c1-14(2)17-10-18-12-20(16-7-5-4-6-8-16)24-26(18)19(11-17)13-25-15(3)9-21(23-25)22(27)28/h4-12H,1,13H2,2-3H3,(H,27,28). The Kier molecular flexibility index (Phi) is 4.31. The molecule has 0 radical (unpaired) electrons. The van der Waals surface area contributed by atoms with Crippen LogP contribution in [-0.4, -0.2) is 30.5 Å². The molecule has 140 valence electrons. The summed E-state index contributed by atoms with van der Waals surface area (Å²) in [5.74, 6) is -1.03. The van der Waals surface area contributed by atoms with Crippen LogP contribution in [0.4, 0.5) is 0 Å². The Balaban J connectivity index is 1.85. The molecule has 0 saturated carbocycles. The molecular weight excluding hydrogens is 352 g/mol. The maximum absolute atomic E-state index is 11.2. The maximum atomic E-state index is 11.2. The Morgan fingerprint density at radius 2 is 1.86 bits per heavy atom. The van der Waals surface area contributed by atoms with Crippen LogP contribution in [0.25, 0.3) is 22.3 Å². The fourth-order valence-corrected chi connectivity index (χ4v) is 3.21. The molecule has 4 aromatic rings. The summed E-state index contributed by atoms with van der Waals surface area (Å²) in [5.41, 5.74) is 6.57. The number of hydrogen-bond acceptors (Lipinski definition) is 3. The van der Waals surface area contributed by atoms with Crippen LogP contribution in [0.5, 0.6) is 0 Å². The fourth-order valence-electron chi connectivity index (χ4n) is 3.21. The minimum absolute atomic E-state index is 0.0373. The van der Waals surface area contributed by atoms with Gasteiger partial charge in [-0.25, -0.2) is 9.31 Å². The van der Waals surface area contributed by atoms with Crippen molar-refractivity contribution in [3.8, 4) is 11.3 Å². The minimum Gasteiger partial charge on any atom is -0.476 e. The number of aromatic nitrogens is 4. The number of carboxylic acid groups (broad SMARTS) is 1. The minimum atomic E-state index is -1.03. The second-order valence-electron chi connectivity index (χ2n) is 6.88. The lowest BCUT2D eigenvalue weighted by Gasteiger charge is -2.10. The van der Waals surface area contributed by atoms with Crippen molar-refractivity contribution in [2.75, 3.05) is 0 Å². The highest BCUT2D eigenvalue weighted by atomic mass is 16.4. The number of carboxylic acids is 1. The summed E-state index contributed by atoms with van der Waals surface area (Å²) in [5, 5.41) is 18.2. The molecule has 4 rings (SSSR count). The summed E-state index contributed by atoms with van der Waals surface area (Å²) < 4.78 is 3.57. The van der Waals surface area contributed by atoms with Crippen molar-refractivity contribution in [3.05, 3.63) is 83.8 Å². The molecule has 3 heterocycles. The Labute approximate surface area is 162 Å². The third kappa shape index (κ3) is 3.20. The first-order valence-corrected chi connectivity index (χ1v) is 8.94. The van der Waals surface area contributed by atoms with Crippen LogP contribution in [0.3, 0.4) is 0 Å². The molecule has 0 aliphatic rings. The largest absolute Gasteiger partial charge is 0.476 e. The van der Waals surface area contributed by atoms with Crippen LogP contribution in [0.1, 0.15) is 34.4 Å². The van der Waals surface area contributed by atoms with E-state index in [1.54, 1.807) is 10.7 Å². The molecule has 1 aromatic carbocycles. The normalized spacial score (nSPS) is 11.1. The van der Waals surface area contributed by atoms with Gasteiger partial charge in [0.25, 0.3) is 0 Å². The quantitative estimate of drug-likeness (QED) is 0.567. The lowest BCUT2D eigenvalue weighted by molar-refractivity contribution is 0.0689. The molecule has 0 atom stereocenters. The Morgan fingerprint density at radius 3 is 2.50 bits per heavy atom. The van der Waals surface area contributed by atoms with Gasteiger partial charge >= 0.3 is 5.97 Å². The number of fused-ring (bicyclic) bond motifs is 1. The topological polar surface area (TPSA) is 72.4 Å². The number of carbonyl (C=O) groups is 1. The zero-order valence-electron chi connectivity index (χ0n) is 15.8. The van der Waals surface area contributed by atoms with Crippen molar-refractivity contribution in [3.63, 3.8) is 0 Å². The van der Waals surface area contributed by atoms with E-state index in [0.717, 1.165) is 39.3 Å². The van der Waals surface area contributed by atoms with E-state index < -0.39 is 5.97 Å². The molecular formula is C22H20N4O2. The first-order chi connectivity index (χ1) is 13.4. The number of aromatic carboxylic acids is 1. The summed E-state index contributed by atoms with van der Waals surface area (Å²) in [6.07, 6.45) is 0. The summed E-state index contributed by atoms with van der Waals surface area (Å²) in [6.45, 7) is 8.28. The number of nitrogens with zero attached hydrogens (tertiary/aromatic N) is 4. The first kappa shape index (κ1) is 17.7. The maximum Gasteiger partial charge on any atom is 0.356 e. The van der Waals surface area contributed by atoms with Crippen LogP contribution >= 0.6 is 0 Å². The molecule has 0 saturated heterocycles. The number of rotatable bonds is 5. The zero-order chi connectivity index (χ0) is 19.8. The van der Waals surface area contributed by atoms with E-state index in [4.69, 9.17) is 5.10 Å². The van der Waals surface area contributed by atoms with E-state index in [9.17, 15) is 9.90 Å². The van der Waals surface area contributed by atoms with Gasteiger partial charge in [-0.15, -0.1) is 0 Å². The molecule has 0 aliphatic heterocycles. The predicted octanol–water partition coefficient (Wildman–Crippen LogP) is 4.29. The summed E-state index contributed by atoms with van der Waals surface area (Å²) in [7, 11) is 0. The zero-order valence-corrected chi connectivity index (χ0v) is 15.8. The van der Waals surface area contributed by atoms with Crippen molar-refractivity contribution in [2.45, 2.75) is 20.4 Å². The second kappa shape index (κ2) is 6.81. The van der Waals surface area contributed by atoms with E-state index in [0.29, 0.717) is 6.54 Å². The van der Waals surface area contributed by atoms with Gasteiger partial charge in [0.05, 0.1) is 23.4 Å². The molecule has 0 unspecified atom stereocenters. The molecule has 3 aromatic heterocycles. The van der Waals surface area contributed by atoms with Crippen molar-refractivity contribution < 1.29 is 9.90 Å². The van der Waals surface area contributed by atoms with E-state index in [-0.39, 0.29) is 5.69 Å². The van der Waals surface area contributed by atoms with Gasteiger partial charge in [0.2, 0.25) is 0 Å². The van der Waals surface area contributed by atoms with Crippen molar-refractivity contribution in [2.24, 2.45) is 0 Å². The van der Waals surface area contributed by atoms with Crippen LogP contribution in [0.2, 0.25) is 0 Å². The summed E-state index contributed by atoms with van der Waals surface area (Å²) >= 11 is 0. The number of hydrogen-bond donors (Lipinski definition) is 1. The highest BCUT2D eigenvalue weighted by molar-refractivity contribution is 5.85. The van der Waals surface area contributed by atoms with Crippen LogP contribution < -0.4 is 0 Å². The molecule has 6 nitrogen and oxygen atoms in total. The number of benzene rings is 1. The molecule has 0 spiro atoms. The molecule has 0 amide bonds. The van der Waals surface area contributed by atoms with E-state index in [1.807, 2.05) is 60.8 Å². The van der Waals surface area contributed by atoms with E-state index >= 15 is 0 Å². The van der Waals surface area contributed by atoms with Gasteiger partial charge < -0.3 is 5.11 Å². The Hall–Kier alpha value is -3.67. The predicted molar refractivity (Wildman–Crippen MR) is 108 cm³/mol. The Morgan fingerprint density at radius 1 is 1.11 bits per heavy atom. The van der Waals surface area contributed by atoms with Gasteiger partial charge in [0, 0.05) is 11.3 Å². The van der Waals surface area contributed by atoms with Crippen LogP contribution in [0.15, 0.2) is 61.2 Å². The molecule has 6 heteroatoms. The van der Waals surface area contributed by atoms with Crippen molar-refractivity contribution in [1.29, 1.82) is 0 Å². The van der Waals surface area contributed by atoms with Gasteiger partial charge in [0.15, 0.2) is 5.69 Å². The highest BCUT2D eigenvalue weighted by Gasteiger charge is 2.14. The second-order valence-corrected chi connectivity index (χ2v) is 6.88. The van der Waals surface area contributed by atoms with Gasteiger partial charge in [-0.2, -0.15) is 10.2 Å². The third-order valence-corrected chi connectivity index (χ3v) is 4.71. The van der Waals surface area contributed by atoms with Gasteiger partial charge in [-0.1, -0.05) is 42.5 Å². The number of aryl methyl sites for hydroxylation is 1. The lowest BCUT2D eigenvalue weighted by atomic mass is 10.1. The van der Waals surface area contributed by atoms with E-state index in [2.05, 4.69) is 17.7 Å². The Bertz CT molecular complexity index is 1200. The fraction of sp³-hybridized carbons (Fsp3) is 0.136. The van der Waals surface area contributed by atoms with Gasteiger partial charge in [-0.05, 0) is 43.7 Å². The number of pyridine rings is 1. The van der Waals surface area contributed by atoms with Crippen LogP contribution in [-0.2, 0) is 6.54 Å². The number of allylic oxidation sites excluding steroid dienone is 1. The van der Waals surface area contributed by atoms with E-state index in [1.165, 1.54) is 0 Å². The molecule has 0 bridgehead atoms. The summed E-state index contributed by atoms with van der Waals surface area (Å²) in [4.78, 5) is 11.2. The average molecular weight is 372 g/mol. The average Bonchev–Trinajstić information content (AvgIpc) is 3.26. The van der Waals surface area contributed by atoms with Crippen molar-refractivity contribution >= 4 is 17.1 Å². The van der Waals surface area contributed by atoms with Gasteiger partial charge in [0.1, 0.15) is 0 Å². The third-order valence-electron chi connectivity index (χ3n) is 4.71. The van der Waals surface area contributed by atoms with Crippen LogP contribution in [0, 0.1) is 6.92 Å². The van der Waals surface area contributed by atoms with Crippen molar-refractivity contribution in [1.82, 2.24) is 19.4 Å². The highest BCUT2D eigenvalue weighted by Crippen LogP contribution is 2.24. The molecule has 28 heavy (non-hydrogen) atoms. The lowest BCUT2D eigenvalue weighted by Crippen LogP contribution is -2.10. The van der Waals surface area contributed by atoms with Gasteiger partial charge in [-0.3, -0.25) is 4.68 Å². The smallest absolute Gasteiger partial charge is 0.356 e. The molecule has 1 N–H and O–H groups in total. The summed E-state index contributed by atoms with van der Waals surface area (Å²) in [6, 6.07) is 17.7. The molecule has 0 fully saturated rings. The SMILES string of the molecule is C=C(C)c1cc(Cn2nc(C(=O)O)cc2C)n2nc(-c3ccccc3)cc2c1. The first-order valence-electron chi connectivity index (χ1n) is 8.94.